The van der Waals surface area contributed by atoms with Gasteiger partial charge in [-0.2, -0.15) is 5.26 Å². The molecule has 0 aliphatic carbocycles. The van der Waals surface area contributed by atoms with E-state index in [1.54, 1.807) is 6.20 Å². The number of rotatable bonds is 5. The maximum absolute atomic E-state index is 8.74. The largest absolute Gasteiger partial charge is 0.476 e. The summed E-state index contributed by atoms with van der Waals surface area (Å²) in [5.41, 5.74) is 2.64. The summed E-state index contributed by atoms with van der Waals surface area (Å²) in [5.74, 6) is 0.610. The molecule has 0 unspecified atom stereocenters. The number of hydrogen-bond acceptors (Lipinski definition) is 4. The summed E-state index contributed by atoms with van der Waals surface area (Å²) >= 11 is 0. The highest BCUT2D eigenvalue weighted by Crippen LogP contribution is 2.21. The molecule has 0 spiro atoms. The molecule has 1 heterocycles. The van der Waals surface area contributed by atoms with Gasteiger partial charge in [-0.15, -0.1) is 0 Å². The molecule has 0 saturated carbocycles. The van der Waals surface area contributed by atoms with Gasteiger partial charge in [-0.25, -0.2) is 4.98 Å². The molecule has 0 atom stereocenters. The summed E-state index contributed by atoms with van der Waals surface area (Å²) in [4.78, 5) is 4.18. The molecular weight excluding hydrogens is 238 g/mol. The predicted octanol–water partition coefficient (Wildman–Crippen LogP) is 2.96. The Hall–Kier alpha value is -2.54. The number of anilines is 1. The zero-order valence-corrected chi connectivity index (χ0v) is 10.8. The zero-order chi connectivity index (χ0) is 13.5. The van der Waals surface area contributed by atoms with Crippen molar-refractivity contribution >= 4 is 5.69 Å². The fourth-order valence-corrected chi connectivity index (χ4v) is 1.67. The van der Waals surface area contributed by atoms with E-state index in [9.17, 15) is 0 Å². The smallest absolute Gasteiger partial charge is 0.237 e. The highest BCUT2D eigenvalue weighted by molar-refractivity contribution is 5.52. The van der Waals surface area contributed by atoms with Crippen molar-refractivity contribution in [3.05, 3.63) is 53.7 Å². The Kier molecular flexibility index (Phi) is 4.35. The van der Waals surface area contributed by atoms with Crippen LogP contribution in [0, 0.1) is 11.3 Å². The van der Waals surface area contributed by atoms with Crippen LogP contribution in [0.1, 0.15) is 18.1 Å². The fraction of sp³-hybridized carbons (Fsp3) is 0.200. The van der Waals surface area contributed by atoms with Gasteiger partial charge >= 0.3 is 0 Å². The third kappa shape index (κ3) is 3.46. The normalized spacial score (nSPS) is 9.68. The number of nitrogens with one attached hydrogen (secondary N) is 1. The quantitative estimate of drug-likeness (QED) is 0.890. The van der Waals surface area contributed by atoms with Gasteiger partial charge in [0, 0.05) is 12.7 Å². The molecule has 0 aliphatic heterocycles. The van der Waals surface area contributed by atoms with Crippen LogP contribution < -0.4 is 10.1 Å². The average Bonchev–Trinajstić information content (AvgIpc) is 2.47. The van der Waals surface area contributed by atoms with Crippen LogP contribution in [0.3, 0.4) is 0 Å². The topological polar surface area (TPSA) is 57.9 Å². The Labute approximate surface area is 112 Å². The highest BCUT2D eigenvalue weighted by atomic mass is 16.5. The van der Waals surface area contributed by atoms with Gasteiger partial charge in [-0.05, 0) is 36.8 Å². The van der Waals surface area contributed by atoms with Gasteiger partial charge in [0.05, 0.1) is 23.9 Å². The maximum atomic E-state index is 8.74. The van der Waals surface area contributed by atoms with Crippen LogP contribution in [-0.4, -0.2) is 11.6 Å². The summed E-state index contributed by atoms with van der Waals surface area (Å²) in [6, 6.07) is 13.4. The molecule has 1 aromatic carbocycles. The van der Waals surface area contributed by atoms with Crippen molar-refractivity contribution in [3.8, 4) is 11.9 Å². The lowest BCUT2D eigenvalue weighted by molar-refractivity contribution is 0.328. The minimum absolute atomic E-state index is 0.586. The maximum Gasteiger partial charge on any atom is 0.237 e. The van der Waals surface area contributed by atoms with E-state index in [2.05, 4.69) is 16.4 Å². The SMILES string of the molecule is CCOc1ncccc1NCc1ccc(C#N)cc1. The van der Waals surface area contributed by atoms with E-state index < -0.39 is 0 Å². The molecule has 0 fully saturated rings. The molecule has 96 valence electrons. The number of hydrogen-bond donors (Lipinski definition) is 1. The van der Waals surface area contributed by atoms with Crippen molar-refractivity contribution in [2.75, 3.05) is 11.9 Å². The fourth-order valence-electron chi connectivity index (χ4n) is 1.67. The Morgan fingerprint density at radius 3 is 2.74 bits per heavy atom. The van der Waals surface area contributed by atoms with Crippen LogP contribution in [0.4, 0.5) is 5.69 Å². The van der Waals surface area contributed by atoms with Gasteiger partial charge in [0.15, 0.2) is 0 Å². The molecule has 2 aromatic rings. The van der Waals surface area contributed by atoms with Crippen molar-refractivity contribution in [1.29, 1.82) is 5.26 Å². The molecule has 2 rings (SSSR count). The molecule has 0 saturated heterocycles. The van der Waals surface area contributed by atoms with Crippen molar-refractivity contribution < 1.29 is 4.74 Å². The minimum atomic E-state index is 0.586. The summed E-state index contributed by atoms with van der Waals surface area (Å²) in [6.45, 7) is 3.18. The van der Waals surface area contributed by atoms with Gasteiger partial charge < -0.3 is 10.1 Å². The van der Waals surface area contributed by atoms with E-state index in [-0.39, 0.29) is 0 Å². The van der Waals surface area contributed by atoms with E-state index in [4.69, 9.17) is 10.00 Å². The lowest BCUT2D eigenvalue weighted by Crippen LogP contribution is -2.03. The lowest BCUT2D eigenvalue weighted by atomic mass is 10.1. The Morgan fingerprint density at radius 2 is 2.05 bits per heavy atom. The third-order valence-electron chi connectivity index (χ3n) is 2.62. The summed E-state index contributed by atoms with van der Waals surface area (Å²) < 4.78 is 5.45. The van der Waals surface area contributed by atoms with E-state index >= 15 is 0 Å². The van der Waals surface area contributed by atoms with E-state index in [0.29, 0.717) is 24.6 Å². The van der Waals surface area contributed by atoms with Crippen molar-refractivity contribution in [3.63, 3.8) is 0 Å². The Morgan fingerprint density at radius 1 is 1.26 bits per heavy atom. The average molecular weight is 253 g/mol. The second kappa shape index (κ2) is 6.41. The third-order valence-corrected chi connectivity index (χ3v) is 2.62. The number of ether oxygens (including phenoxy) is 1. The van der Waals surface area contributed by atoms with Crippen LogP contribution in [0.2, 0.25) is 0 Å². The Bertz CT molecular complexity index is 573. The van der Waals surface area contributed by atoms with Gasteiger partial charge in [0.1, 0.15) is 0 Å². The van der Waals surface area contributed by atoms with Crippen molar-refractivity contribution in [1.82, 2.24) is 4.98 Å². The highest BCUT2D eigenvalue weighted by Gasteiger charge is 2.03. The van der Waals surface area contributed by atoms with Crippen LogP contribution in [0.25, 0.3) is 0 Å². The number of pyridine rings is 1. The minimum Gasteiger partial charge on any atom is -0.476 e. The first-order valence-electron chi connectivity index (χ1n) is 6.14. The first-order valence-corrected chi connectivity index (χ1v) is 6.14. The van der Waals surface area contributed by atoms with Gasteiger partial charge in [-0.1, -0.05) is 12.1 Å². The summed E-state index contributed by atoms with van der Waals surface area (Å²) in [7, 11) is 0. The number of benzene rings is 1. The van der Waals surface area contributed by atoms with Gasteiger partial charge in [0.25, 0.3) is 0 Å². The van der Waals surface area contributed by atoms with Crippen LogP contribution in [-0.2, 0) is 6.54 Å². The molecular formula is C15H15N3O. The second-order valence-corrected chi connectivity index (χ2v) is 3.95. The standard InChI is InChI=1S/C15H15N3O/c1-2-19-15-14(4-3-9-17-15)18-11-13-7-5-12(10-16)6-8-13/h3-9,18H,2,11H2,1H3. The molecule has 4 heteroatoms. The summed E-state index contributed by atoms with van der Waals surface area (Å²) in [6.07, 6.45) is 1.71. The first-order chi connectivity index (χ1) is 9.33. The van der Waals surface area contributed by atoms with Crippen LogP contribution in [0.15, 0.2) is 42.6 Å². The van der Waals surface area contributed by atoms with E-state index in [1.807, 2.05) is 43.3 Å². The van der Waals surface area contributed by atoms with Crippen LogP contribution >= 0.6 is 0 Å². The molecule has 0 bridgehead atoms. The molecule has 4 nitrogen and oxygen atoms in total. The van der Waals surface area contributed by atoms with E-state index in [1.165, 1.54) is 0 Å². The van der Waals surface area contributed by atoms with Crippen molar-refractivity contribution in [2.24, 2.45) is 0 Å². The van der Waals surface area contributed by atoms with Crippen molar-refractivity contribution in [2.45, 2.75) is 13.5 Å². The molecule has 1 aromatic heterocycles. The predicted molar refractivity (Wildman–Crippen MR) is 73.9 cm³/mol. The number of nitrogens with zero attached hydrogens (tertiary/aromatic N) is 2. The number of aromatic nitrogens is 1. The molecule has 19 heavy (non-hydrogen) atoms. The second-order valence-electron chi connectivity index (χ2n) is 3.95. The molecule has 0 amide bonds. The lowest BCUT2D eigenvalue weighted by Gasteiger charge is -2.10. The summed E-state index contributed by atoms with van der Waals surface area (Å²) in [5, 5.41) is 12.0. The van der Waals surface area contributed by atoms with Gasteiger partial charge in [0.2, 0.25) is 5.88 Å². The number of nitriles is 1. The Balaban J connectivity index is 2.03. The first kappa shape index (κ1) is 12.9. The molecule has 0 aliphatic rings. The van der Waals surface area contributed by atoms with Crippen LogP contribution in [0.5, 0.6) is 5.88 Å². The monoisotopic (exact) mass is 253 g/mol. The van der Waals surface area contributed by atoms with E-state index in [0.717, 1.165) is 11.3 Å². The molecule has 0 radical (unpaired) electrons. The van der Waals surface area contributed by atoms with Gasteiger partial charge in [-0.3, -0.25) is 0 Å². The zero-order valence-electron chi connectivity index (χ0n) is 10.8. The molecule has 1 N–H and O–H groups in total.